The zero-order valence-corrected chi connectivity index (χ0v) is 11.6. The fraction of sp³-hybridized carbons (Fsp3) is 0.500. The van der Waals surface area contributed by atoms with Gasteiger partial charge in [-0.1, -0.05) is 20.8 Å². The van der Waals surface area contributed by atoms with E-state index in [-0.39, 0.29) is 15.5 Å². The molecule has 0 saturated heterocycles. The second-order valence-corrected chi connectivity index (χ2v) is 7.74. The summed E-state index contributed by atoms with van der Waals surface area (Å²) in [6.07, 6.45) is 0.374. The van der Waals surface area contributed by atoms with Crippen LogP contribution < -0.4 is 5.73 Å². The molecule has 1 heterocycles. The van der Waals surface area contributed by atoms with Crippen molar-refractivity contribution in [1.29, 1.82) is 0 Å². The average Bonchev–Trinajstić information content (AvgIpc) is 2.58. The van der Waals surface area contributed by atoms with E-state index in [9.17, 15) is 19.8 Å². The van der Waals surface area contributed by atoms with Gasteiger partial charge in [0, 0.05) is 0 Å². The zero-order chi connectivity index (χ0) is 14.1. The average molecular weight is 273 g/mol. The van der Waals surface area contributed by atoms with Crippen LogP contribution in [0.2, 0.25) is 0 Å². The number of carbonyl (C=O) groups is 2. The first kappa shape index (κ1) is 14.6. The van der Waals surface area contributed by atoms with Gasteiger partial charge in [0.1, 0.15) is 0 Å². The van der Waals surface area contributed by atoms with Gasteiger partial charge in [0.25, 0.3) is 0 Å². The summed E-state index contributed by atoms with van der Waals surface area (Å²) in [5.41, 5.74) is 6.42. The molecule has 1 aliphatic heterocycles. The first-order chi connectivity index (χ1) is 8.37. The molecule has 18 heavy (non-hydrogen) atoms. The fourth-order valence-corrected chi connectivity index (χ4v) is 5.96. The van der Waals surface area contributed by atoms with Crippen molar-refractivity contribution in [2.75, 3.05) is 11.5 Å². The van der Waals surface area contributed by atoms with Crippen LogP contribution in [0.3, 0.4) is 0 Å². The first-order valence-corrected chi connectivity index (χ1v) is 7.83. The number of carboxylic acid groups (broad SMARTS) is 2. The van der Waals surface area contributed by atoms with Gasteiger partial charge < -0.3 is 15.9 Å². The van der Waals surface area contributed by atoms with E-state index in [1.54, 1.807) is 6.92 Å². The zero-order valence-electron chi connectivity index (χ0n) is 10.8. The molecule has 0 bridgehead atoms. The Hall–Kier alpha value is -1.43. The molecule has 0 aromatic carbocycles. The van der Waals surface area contributed by atoms with E-state index in [1.165, 1.54) is 0 Å². The van der Waals surface area contributed by atoms with Crippen LogP contribution in [0.15, 0.2) is 21.1 Å². The summed E-state index contributed by atoms with van der Waals surface area (Å²) in [5, 5.41) is 18.9. The number of hydrogen-bond acceptors (Lipinski definition) is 3. The SMILES string of the molecule is CCC1=C(C(=O)O)S(CC)(CC)C(N)=C1C(=O)O. The Balaban J connectivity index is 3.66. The molecule has 0 aromatic rings. The maximum Gasteiger partial charge on any atom is 0.341 e. The van der Waals surface area contributed by atoms with E-state index >= 15 is 0 Å². The molecule has 0 amide bonds. The van der Waals surface area contributed by atoms with Crippen LogP contribution in [-0.2, 0) is 9.59 Å². The second-order valence-electron chi connectivity index (χ2n) is 3.97. The van der Waals surface area contributed by atoms with Crippen molar-refractivity contribution >= 4 is 22.0 Å². The number of nitrogens with two attached hydrogens (primary N) is 1. The van der Waals surface area contributed by atoms with Crippen molar-refractivity contribution in [2.45, 2.75) is 27.2 Å². The Bertz CT molecular complexity index is 461. The number of hydrogen-bond donors (Lipinski definition) is 3. The van der Waals surface area contributed by atoms with Gasteiger partial charge in [-0.25, -0.2) is 9.59 Å². The lowest BCUT2D eigenvalue weighted by molar-refractivity contribution is -0.132. The van der Waals surface area contributed by atoms with Gasteiger partial charge in [-0.3, -0.25) is 0 Å². The van der Waals surface area contributed by atoms with Gasteiger partial charge in [0.2, 0.25) is 0 Å². The Morgan fingerprint density at radius 1 is 1.11 bits per heavy atom. The molecular formula is C12H19NO4S. The molecule has 0 saturated carbocycles. The normalized spacial score (nSPS) is 20.2. The molecule has 1 aliphatic rings. The lowest BCUT2D eigenvalue weighted by Gasteiger charge is -2.36. The predicted octanol–water partition coefficient (Wildman–Crippen LogP) is 1.85. The van der Waals surface area contributed by atoms with Gasteiger partial charge in [-0.2, -0.15) is 10.0 Å². The van der Waals surface area contributed by atoms with Gasteiger partial charge in [-0.15, -0.1) is 0 Å². The molecule has 6 heteroatoms. The molecule has 4 N–H and O–H groups in total. The Labute approximate surface area is 108 Å². The van der Waals surface area contributed by atoms with Crippen molar-refractivity contribution in [2.24, 2.45) is 5.73 Å². The van der Waals surface area contributed by atoms with Crippen molar-refractivity contribution < 1.29 is 19.8 Å². The van der Waals surface area contributed by atoms with E-state index < -0.39 is 22.0 Å². The third-order valence-electron chi connectivity index (χ3n) is 3.38. The topological polar surface area (TPSA) is 101 Å². The first-order valence-electron chi connectivity index (χ1n) is 5.85. The maximum atomic E-state index is 11.5. The predicted molar refractivity (Wildman–Crippen MR) is 72.5 cm³/mol. The summed E-state index contributed by atoms with van der Waals surface area (Å²) in [6.45, 7) is 5.49. The van der Waals surface area contributed by atoms with E-state index in [2.05, 4.69) is 0 Å². The molecule has 0 fully saturated rings. The quantitative estimate of drug-likeness (QED) is 0.709. The van der Waals surface area contributed by atoms with Gasteiger partial charge in [-0.05, 0) is 23.5 Å². The fourth-order valence-electron chi connectivity index (χ4n) is 2.48. The summed E-state index contributed by atoms with van der Waals surface area (Å²) < 4.78 is 0. The van der Waals surface area contributed by atoms with Crippen LogP contribution in [-0.4, -0.2) is 33.7 Å². The minimum Gasteiger partial charge on any atom is -0.478 e. The highest BCUT2D eigenvalue weighted by molar-refractivity contribution is 8.40. The van der Waals surface area contributed by atoms with Crippen molar-refractivity contribution in [1.82, 2.24) is 0 Å². The molecule has 0 radical (unpaired) electrons. The monoisotopic (exact) mass is 273 g/mol. The molecule has 0 aromatic heterocycles. The minimum atomic E-state index is -1.85. The largest absolute Gasteiger partial charge is 0.478 e. The van der Waals surface area contributed by atoms with Crippen molar-refractivity contribution in [3.05, 3.63) is 21.1 Å². The van der Waals surface area contributed by atoms with Gasteiger partial charge in [0.15, 0.2) is 0 Å². The number of carboxylic acids is 2. The van der Waals surface area contributed by atoms with Gasteiger partial charge >= 0.3 is 11.9 Å². The van der Waals surface area contributed by atoms with Crippen LogP contribution in [0, 0.1) is 0 Å². The lowest BCUT2D eigenvalue weighted by Crippen LogP contribution is -2.19. The lowest BCUT2D eigenvalue weighted by atomic mass is 10.0. The van der Waals surface area contributed by atoms with Crippen LogP contribution in [0.5, 0.6) is 0 Å². The summed E-state index contributed by atoms with van der Waals surface area (Å²) in [6, 6.07) is 0. The van der Waals surface area contributed by atoms with Crippen LogP contribution in [0.1, 0.15) is 27.2 Å². The maximum absolute atomic E-state index is 11.5. The van der Waals surface area contributed by atoms with Crippen LogP contribution in [0.4, 0.5) is 0 Å². The van der Waals surface area contributed by atoms with E-state index in [4.69, 9.17) is 5.73 Å². The highest BCUT2D eigenvalue weighted by Crippen LogP contribution is 2.66. The standard InChI is InChI=1S/C12H19NO4S/c1-4-7-8(11(14)15)10(13)18(5-2,6-3)9(7)12(16)17/h4-6,13H2,1-3H3,(H,14,15)(H,16,17). The van der Waals surface area contributed by atoms with Crippen molar-refractivity contribution in [3.63, 3.8) is 0 Å². The second kappa shape index (κ2) is 5.06. The molecule has 0 atom stereocenters. The van der Waals surface area contributed by atoms with Crippen LogP contribution in [0.25, 0.3) is 0 Å². The summed E-state index contributed by atoms with van der Waals surface area (Å²) >= 11 is 0. The summed E-state index contributed by atoms with van der Waals surface area (Å²) in [4.78, 5) is 23.1. The summed E-state index contributed by atoms with van der Waals surface area (Å²) in [5.74, 6) is -1.03. The Morgan fingerprint density at radius 2 is 1.61 bits per heavy atom. The van der Waals surface area contributed by atoms with E-state index in [1.807, 2.05) is 13.8 Å². The number of aliphatic carboxylic acids is 2. The third kappa shape index (κ3) is 1.80. The van der Waals surface area contributed by atoms with Crippen molar-refractivity contribution in [3.8, 4) is 0 Å². The highest BCUT2D eigenvalue weighted by Gasteiger charge is 2.44. The number of rotatable bonds is 5. The molecule has 1 rings (SSSR count). The molecule has 102 valence electrons. The van der Waals surface area contributed by atoms with Gasteiger partial charge in [0.05, 0.1) is 15.5 Å². The smallest absolute Gasteiger partial charge is 0.341 e. The summed E-state index contributed by atoms with van der Waals surface area (Å²) in [7, 11) is -1.85. The molecule has 0 spiro atoms. The third-order valence-corrected chi connectivity index (χ3v) is 7.60. The van der Waals surface area contributed by atoms with E-state index in [0.29, 0.717) is 23.5 Å². The molecule has 5 nitrogen and oxygen atoms in total. The Kier molecular flexibility index (Phi) is 4.11. The molecular weight excluding hydrogens is 254 g/mol. The Morgan fingerprint density at radius 3 is 1.89 bits per heavy atom. The molecule has 0 aliphatic carbocycles. The highest BCUT2D eigenvalue weighted by atomic mass is 32.3. The molecule has 0 unspecified atom stereocenters. The minimum absolute atomic E-state index is 0.0219. The van der Waals surface area contributed by atoms with E-state index in [0.717, 1.165) is 0 Å². The van der Waals surface area contributed by atoms with Crippen LogP contribution >= 0.6 is 10.0 Å².